The standard InChI is InChI=1S/C13H19BrN2/c1-9-5-4-8-11(12(9)14)13(16-15)10-6-2-3-7-10/h4-5,8,10,13,16H,2-3,6-7,15H2,1H3. The van der Waals surface area contributed by atoms with Gasteiger partial charge in [-0.2, -0.15) is 0 Å². The molecule has 2 nitrogen and oxygen atoms in total. The van der Waals surface area contributed by atoms with Crippen LogP contribution in [0.15, 0.2) is 22.7 Å². The van der Waals surface area contributed by atoms with E-state index in [-0.39, 0.29) is 6.04 Å². The van der Waals surface area contributed by atoms with Crippen LogP contribution in [0.5, 0.6) is 0 Å². The molecule has 88 valence electrons. The van der Waals surface area contributed by atoms with Crippen molar-refractivity contribution in [3.05, 3.63) is 33.8 Å². The third-order valence-electron chi connectivity index (χ3n) is 3.61. The van der Waals surface area contributed by atoms with Gasteiger partial charge < -0.3 is 0 Å². The highest BCUT2D eigenvalue weighted by Gasteiger charge is 2.26. The lowest BCUT2D eigenvalue weighted by Crippen LogP contribution is -2.33. The first-order valence-electron chi connectivity index (χ1n) is 5.95. The first-order valence-corrected chi connectivity index (χ1v) is 6.74. The summed E-state index contributed by atoms with van der Waals surface area (Å²) in [6, 6.07) is 6.68. The summed E-state index contributed by atoms with van der Waals surface area (Å²) >= 11 is 3.67. The Balaban J connectivity index is 2.28. The van der Waals surface area contributed by atoms with Crippen molar-refractivity contribution >= 4 is 15.9 Å². The summed E-state index contributed by atoms with van der Waals surface area (Å²) in [4.78, 5) is 0. The van der Waals surface area contributed by atoms with Crippen LogP contribution in [0.2, 0.25) is 0 Å². The normalized spacial score (nSPS) is 18.9. The van der Waals surface area contributed by atoms with Gasteiger partial charge in [0.2, 0.25) is 0 Å². The zero-order chi connectivity index (χ0) is 11.5. The molecule has 1 aromatic carbocycles. The largest absolute Gasteiger partial charge is 0.271 e. The van der Waals surface area contributed by atoms with Crippen molar-refractivity contribution in [2.45, 2.75) is 38.6 Å². The minimum atomic E-state index is 0.289. The van der Waals surface area contributed by atoms with E-state index in [1.807, 2.05) is 0 Å². The fourth-order valence-electron chi connectivity index (χ4n) is 2.68. The van der Waals surface area contributed by atoms with Gasteiger partial charge in [0.05, 0.1) is 0 Å². The zero-order valence-corrected chi connectivity index (χ0v) is 11.3. The first-order chi connectivity index (χ1) is 7.74. The summed E-state index contributed by atoms with van der Waals surface area (Å²) in [5.74, 6) is 6.42. The van der Waals surface area contributed by atoms with E-state index in [1.165, 1.54) is 41.3 Å². The molecule has 1 saturated carbocycles. The van der Waals surface area contributed by atoms with Crippen molar-refractivity contribution in [2.24, 2.45) is 11.8 Å². The van der Waals surface area contributed by atoms with Gasteiger partial charge in [-0.05, 0) is 36.8 Å². The van der Waals surface area contributed by atoms with Gasteiger partial charge in [-0.3, -0.25) is 11.3 Å². The van der Waals surface area contributed by atoms with Crippen molar-refractivity contribution in [3.63, 3.8) is 0 Å². The fourth-order valence-corrected chi connectivity index (χ4v) is 3.19. The molecule has 0 spiro atoms. The van der Waals surface area contributed by atoms with Crippen molar-refractivity contribution in [1.29, 1.82) is 0 Å². The summed E-state index contributed by atoms with van der Waals surface area (Å²) in [7, 11) is 0. The number of nitrogens with one attached hydrogen (secondary N) is 1. The minimum Gasteiger partial charge on any atom is -0.271 e. The predicted octanol–water partition coefficient (Wildman–Crippen LogP) is 3.45. The Kier molecular flexibility index (Phi) is 4.00. The number of hydrogen-bond acceptors (Lipinski definition) is 2. The molecule has 1 aliphatic carbocycles. The van der Waals surface area contributed by atoms with E-state index < -0.39 is 0 Å². The molecule has 3 heteroatoms. The summed E-state index contributed by atoms with van der Waals surface area (Å²) in [5.41, 5.74) is 5.57. The summed E-state index contributed by atoms with van der Waals surface area (Å²) in [6.07, 6.45) is 5.25. The van der Waals surface area contributed by atoms with Crippen LogP contribution in [0.4, 0.5) is 0 Å². The summed E-state index contributed by atoms with van der Waals surface area (Å²) in [6.45, 7) is 2.12. The van der Waals surface area contributed by atoms with E-state index in [0.717, 1.165) is 0 Å². The van der Waals surface area contributed by atoms with E-state index in [0.29, 0.717) is 5.92 Å². The highest BCUT2D eigenvalue weighted by atomic mass is 79.9. The molecule has 2 rings (SSSR count). The maximum absolute atomic E-state index is 5.73. The highest BCUT2D eigenvalue weighted by Crippen LogP contribution is 2.38. The molecule has 1 aliphatic rings. The van der Waals surface area contributed by atoms with Crippen molar-refractivity contribution < 1.29 is 0 Å². The third kappa shape index (κ3) is 2.31. The number of nitrogens with two attached hydrogens (primary N) is 1. The Morgan fingerprint density at radius 2 is 2.06 bits per heavy atom. The number of hydrogen-bond donors (Lipinski definition) is 2. The lowest BCUT2D eigenvalue weighted by Gasteiger charge is -2.24. The van der Waals surface area contributed by atoms with Crippen LogP contribution in [0, 0.1) is 12.8 Å². The van der Waals surface area contributed by atoms with Crippen LogP contribution in [0.25, 0.3) is 0 Å². The molecule has 0 aromatic heterocycles. The lowest BCUT2D eigenvalue weighted by molar-refractivity contribution is 0.372. The van der Waals surface area contributed by atoms with E-state index in [2.05, 4.69) is 46.5 Å². The molecule has 1 aromatic rings. The molecular formula is C13H19BrN2. The minimum absolute atomic E-state index is 0.289. The number of halogens is 1. The zero-order valence-electron chi connectivity index (χ0n) is 9.67. The van der Waals surface area contributed by atoms with Crippen LogP contribution in [-0.4, -0.2) is 0 Å². The van der Waals surface area contributed by atoms with Crippen LogP contribution < -0.4 is 11.3 Å². The quantitative estimate of drug-likeness (QED) is 0.658. The van der Waals surface area contributed by atoms with Gasteiger partial charge in [-0.15, -0.1) is 0 Å². The van der Waals surface area contributed by atoms with E-state index in [9.17, 15) is 0 Å². The number of hydrazine groups is 1. The van der Waals surface area contributed by atoms with Gasteiger partial charge in [0, 0.05) is 10.5 Å². The second-order valence-corrected chi connectivity index (χ2v) is 5.46. The van der Waals surface area contributed by atoms with Gasteiger partial charge in [0.25, 0.3) is 0 Å². The number of aryl methyl sites for hydroxylation is 1. The number of rotatable bonds is 3. The Morgan fingerprint density at radius 3 is 2.69 bits per heavy atom. The molecule has 1 unspecified atom stereocenters. The predicted molar refractivity (Wildman–Crippen MR) is 70.9 cm³/mol. The molecule has 0 amide bonds. The van der Waals surface area contributed by atoms with Gasteiger partial charge in [-0.25, -0.2) is 0 Å². The summed E-state index contributed by atoms with van der Waals surface area (Å²) < 4.78 is 1.20. The molecule has 0 heterocycles. The fraction of sp³-hybridized carbons (Fsp3) is 0.538. The van der Waals surface area contributed by atoms with Gasteiger partial charge in [0.15, 0.2) is 0 Å². The maximum Gasteiger partial charge on any atom is 0.0499 e. The van der Waals surface area contributed by atoms with E-state index in [1.54, 1.807) is 0 Å². The number of benzene rings is 1. The molecule has 3 N–H and O–H groups in total. The van der Waals surface area contributed by atoms with Gasteiger partial charge >= 0.3 is 0 Å². The first kappa shape index (κ1) is 12.1. The smallest absolute Gasteiger partial charge is 0.0499 e. The van der Waals surface area contributed by atoms with Crippen molar-refractivity contribution in [1.82, 2.24) is 5.43 Å². The van der Waals surface area contributed by atoms with Gasteiger partial charge in [0.1, 0.15) is 0 Å². The van der Waals surface area contributed by atoms with Crippen LogP contribution in [0.1, 0.15) is 42.9 Å². The maximum atomic E-state index is 5.73. The molecule has 1 fully saturated rings. The molecular weight excluding hydrogens is 264 g/mol. The van der Waals surface area contributed by atoms with Crippen molar-refractivity contribution in [3.8, 4) is 0 Å². The topological polar surface area (TPSA) is 38.0 Å². The van der Waals surface area contributed by atoms with Crippen LogP contribution >= 0.6 is 15.9 Å². The SMILES string of the molecule is Cc1cccc(C(NN)C2CCCC2)c1Br. The molecule has 0 bridgehead atoms. The van der Waals surface area contributed by atoms with E-state index >= 15 is 0 Å². The summed E-state index contributed by atoms with van der Waals surface area (Å²) in [5, 5.41) is 0. The average Bonchev–Trinajstić information content (AvgIpc) is 2.79. The molecule has 0 aliphatic heterocycles. The molecule has 1 atom stereocenters. The Labute approximate surface area is 106 Å². The van der Waals surface area contributed by atoms with Crippen molar-refractivity contribution in [2.75, 3.05) is 0 Å². The van der Waals surface area contributed by atoms with Crippen LogP contribution in [-0.2, 0) is 0 Å². The lowest BCUT2D eigenvalue weighted by atomic mass is 9.91. The second-order valence-electron chi connectivity index (χ2n) is 4.67. The molecule has 0 radical (unpaired) electrons. The average molecular weight is 283 g/mol. The Hall–Kier alpha value is -0.380. The highest BCUT2D eigenvalue weighted by molar-refractivity contribution is 9.10. The van der Waals surface area contributed by atoms with E-state index in [4.69, 9.17) is 5.84 Å². The monoisotopic (exact) mass is 282 g/mol. The Morgan fingerprint density at radius 1 is 1.38 bits per heavy atom. The second kappa shape index (κ2) is 5.30. The third-order valence-corrected chi connectivity index (χ3v) is 4.69. The van der Waals surface area contributed by atoms with Crippen LogP contribution in [0.3, 0.4) is 0 Å². The molecule has 16 heavy (non-hydrogen) atoms. The molecule has 0 saturated heterocycles. The Bertz CT molecular complexity index is 359. The van der Waals surface area contributed by atoms with Gasteiger partial charge in [-0.1, -0.05) is 47.0 Å².